The van der Waals surface area contributed by atoms with E-state index in [4.69, 9.17) is 4.74 Å². The summed E-state index contributed by atoms with van der Waals surface area (Å²) in [6.07, 6.45) is -0.688. The fourth-order valence-corrected chi connectivity index (χ4v) is 3.22. The van der Waals surface area contributed by atoms with Crippen LogP contribution >= 0.6 is 0 Å². The molecule has 0 unspecified atom stereocenters. The molecule has 1 aromatic heterocycles. The van der Waals surface area contributed by atoms with Gasteiger partial charge in [0.25, 0.3) is 5.91 Å². The number of rotatable bonds is 7. The number of nitrogens with zero attached hydrogens (tertiary/aromatic N) is 1. The van der Waals surface area contributed by atoms with E-state index >= 15 is 0 Å². The van der Waals surface area contributed by atoms with Crippen molar-refractivity contribution in [3.63, 3.8) is 0 Å². The maximum Gasteiger partial charge on any atom is 0.355 e. The van der Waals surface area contributed by atoms with Gasteiger partial charge < -0.3 is 19.7 Å². The standard InChI is InChI=1S/C21H28N2O4/c1-13(2)23(11-17-9-7-6-8-10-17)18(25)12-27-21(26)20-14(3)19(16(5)24)15(4)22-20/h6-10,13,16,22,24H,11-12H2,1-5H3/t16-/m1/s1. The molecule has 0 bridgehead atoms. The lowest BCUT2D eigenvalue weighted by molar-refractivity contribution is -0.136. The fourth-order valence-electron chi connectivity index (χ4n) is 3.22. The van der Waals surface area contributed by atoms with Crippen molar-refractivity contribution in [1.82, 2.24) is 9.88 Å². The first-order chi connectivity index (χ1) is 12.7. The second-order valence-electron chi connectivity index (χ2n) is 7.02. The predicted molar refractivity (Wildman–Crippen MR) is 103 cm³/mol. The van der Waals surface area contributed by atoms with E-state index in [-0.39, 0.29) is 24.2 Å². The largest absolute Gasteiger partial charge is 0.451 e. The zero-order valence-electron chi connectivity index (χ0n) is 16.6. The molecule has 2 rings (SSSR count). The number of carbonyl (C=O) groups excluding carboxylic acids is 2. The molecule has 0 aliphatic rings. The van der Waals surface area contributed by atoms with E-state index in [1.165, 1.54) is 0 Å². The van der Waals surface area contributed by atoms with Crippen molar-refractivity contribution in [2.24, 2.45) is 0 Å². The number of amides is 1. The van der Waals surface area contributed by atoms with E-state index in [2.05, 4.69) is 4.98 Å². The van der Waals surface area contributed by atoms with Crippen LogP contribution in [0.25, 0.3) is 0 Å². The summed E-state index contributed by atoms with van der Waals surface area (Å²) in [5.41, 5.74) is 3.33. The number of hydrogen-bond acceptors (Lipinski definition) is 4. The van der Waals surface area contributed by atoms with Crippen LogP contribution in [0, 0.1) is 13.8 Å². The molecule has 27 heavy (non-hydrogen) atoms. The maximum atomic E-state index is 12.6. The molecule has 0 fully saturated rings. The monoisotopic (exact) mass is 372 g/mol. The number of H-pyrrole nitrogens is 1. The van der Waals surface area contributed by atoms with Crippen LogP contribution in [-0.4, -0.2) is 39.5 Å². The highest BCUT2D eigenvalue weighted by molar-refractivity contribution is 5.91. The van der Waals surface area contributed by atoms with Gasteiger partial charge >= 0.3 is 5.97 Å². The number of esters is 1. The third-order valence-corrected chi connectivity index (χ3v) is 4.58. The third-order valence-electron chi connectivity index (χ3n) is 4.58. The van der Waals surface area contributed by atoms with E-state index < -0.39 is 12.1 Å². The van der Waals surface area contributed by atoms with Gasteiger partial charge in [-0.15, -0.1) is 0 Å². The summed E-state index contributed by atoms with van der Waals surface area (Å²) in [6, 6.07) is 9.67. The molecule has 0 radical (unpaired) electrons. The highest BCUT2D eigenvalue weighted by atomic mass is 16.5. The number of aromatic amines is 1. The molecule has 0 saturated carbocycles. The van der Waals surface area contributed by atoms with Gasteiger partial charge in [0.1, 0.15) is 5.69 Å². The number of aromatic nitrogens is 1. The summed E-state index contributed by atoms with van der Waals surface area (Å²) >= 11 is 0. The van der Waals surface area contributed by atoms with Gasteiger partial charge in [-0.25, -0.2) is 4.79 Å². The maximum absolute atomic E-state index is 12.6. The van der Waals surface area contributed by atoms with Crippen LogP contribution in [-0.2, 0) is 16.1 Å². The zero-order valence-corrected chi connectivity index (χ0v) is 16.6. The van der Waals surface area contributed by atoms with E-state index in [0.29, 0.717) is 23.4 Å². The molecule has 1 heterocycles. The number of aliphatic hydroxyl groups is 1. The first-order valence-corrected chi connectivity index (χ1v) is 9.10. The zero-order chi connectivity index (χ0) is 20.1. The Morgan fingerprint density at radius 2 is 1.78 bits per heavy atom. The van der Waals surface area contributed by atoms with E-state index in [9.17, 15) is 14.7 Å². The quantitative estimate of drug-likeness (QED) is 0.731. The minimum atomic E-state index is -0.688. The van der Waals surface area contributed by atoms with Crippen molar-refractivity contribution < 1.29 is 19.4 Å². The minimum absolute atomic E-state index is 0.0206. The Balaban J connectivity index is 2.04. The first kappa shape index (κ1) is 20.7. The van der Waals surface area contributed by atoms with Gasteiger partial charge in [0, 0.05) is 23.8 Å². The first-order valence-electron chi connectivity index (χ1n) is 9.10. The topological polar surface area (TPSA) is 82.6 Å². The predicted octanol–water partition coefficient (Wildman–Crippen LogP) is 3.28. The molecule has 0 saturated heterocycles. The summed E-state index contributed by atoms with van der Waals surface area (Å²) in [5.74, 6) is -0.849. The SMILES string of the molecule is Cc1[nH]c(C(=O)OCC(=O)N(Cc2ccccc2)C(C)C)c(C)c1[C@@H](C)O. The van der Waals surface area contributed by atoms with Crippen LogP contribution in [0.2, 0.25) is 0 Å². The molecule has 1 aromatic carbocycles. The lowest BCUT2D eigenvalue weighted by Crippen LogP contribution is -2.39. The lowest BCUT2D eigenvalue weighted by Gasteiger charge is -2.26. The summed E-state index contributed by atoms with van der Waals surface area (Å²) in [6.45, 7) is 9.17. The van der Waals surface area contributed by atoms with Gasteiger partial charge in [0.15, 0.2) is 6.61 Å². The van der Waals surface area contributed by atoms with Gasteiger partial charge in [-0.2, -0.15) is 0 Å². The number of carbonyl (C=O) groups is 2. The van der Waals surface area contributed by atoms with Crippen molar-refractivity contribution in [1.29, 1.82) is 0 Å². The van der Waals surface area contributed by atoms with Crippen molar-refractivity contribution in [3.05, 3.63) is 58.4 Å². The molecule has 1 atom stereocenters. The van der Waals surface area contributed by atoms with E-state index in [1.807, 2.05) is 44.2 Å². The van der Waals surface area contributed by atoms with Crippen LogP contribution in [0.3, 0.4) is 0 Å². The van der Waals surface area contributed by atoms with Gasteiger partial charge in [-0.3, -0.25) is 4.79 Å². The minimum Gasteiger partial charge on any atom is -0.451 e. The second-order valence-corrected chi connectivity index (χ2v) is 7.02. The average Bonchev–Trinajstić information content (AvgIpc) is 2.92. The molecule has 6 nitrogen and oxygen atoms in total. The molecular weight excluding hydrogens is 344 g/mol. The second kappa shape index (κ2) is 8.86. The summed E-state index contributed by atoms with van der Waals surface area (Å²) < 4.78 is 5.24. The van der Waals surface area contributed by atoms with Gasteiger partial charge in [0.2, 0.25) is 0 Å². The Morgan fingerprint density at radius 3 is 2.30 bits per heavy atom. The molecule has 0 aliphatic heterocycles. The van der Waals surface area contributed by atoms with Crippen molar-refractivity contribution >= 4 is 11.9 Å². The molecule has 0 spiro atoms. The molecule has 2 aromatic rings. The Labute approximate surface area is 160 Å². The Morgan fingerprint density at radius 1 is 1.15 bits per heavy atom. The van der Waals surface area contributed by atoms with Gasteiger partial charge in [-0.1, -0.05) is 30.3 Å². The van der Waals surface area contributed by atoms with Crippen molar-refractivity contribution in [2.75, 3.05) is 6.61 Å². The number of aliphatic hydroxyl groups excluding tert-OH is 1. The van der Waals surface area contributed by atoms with Crippen LogP contribution < -0.4 is 0 Å². The van der Waals surface area contributed by atoms with Crippen LogP contribution in [0.1, 0.15) is 59.7 Å². The summed E-state index contributed by atoms with van der Waals surface area (Å²) in [7, 11) is 0. The number of nitrogens with one attached hydrogen (secondary N) is 1. The molecule has 2 N–H and O–H groups in total. The number of benzene rings is 1. The highest BCUT2D eigenvalue weighted by Gasteiger charge is 2.23. The Bertz CT molecular complexity index is 794. The van der Waals surface area contributed by atoms with Crippen LogP contribution in [0.5, 0.6) is 0 Å². The van der Waals surface area contributed by atoms with Crippen molar-refractivity contribution in [2.45, 2.75) is 53.3 Å². The van der Waals surface area contributed by atoms with Crippen molar-refractivity contribution in [3.8, 4) is 0 Å². The average molecular weight is 372 g/mol. The molecule has 6 heteroatoms. The van der Waals surface area contributed by atoms with Gasteiger partial charge in [0.05, 0.1) is 6.10 Å². The summed E-state index contributed by atoms with van der Waals surface area (Å²) in [5, 5.41) is 9.84. The Hall–Kier alpha value is -2.60. The summed E-state index contributed by atoms with van der Waals surface area (Å²) in [4.78, 5) is 29.6. The van der Waals surface area contributed by atoms with Crippen LogP contribution in [0.15, 0.2) is 30.3 Å². The number of aryl methyl sites for hydroxylation is 1. The molecule has 0 aliphatic carbocycles. The molecular formula is C21H28N2O4. The number of hydrogen-bond donors (Lipinski definition) is 2. The highest BCUT2D eigenvalue weighted by Crippen LogP contribution is 2.24. The normalized spacial score (nSPS) is 12.1. The lowest BCUT2D eigenvalue weighted by atomic mass is 10.1. The van der Waals surface area contributed by atoms with E-state index in [0.717, 1.165) is 5.56 Å². The molecule has 146 valence electrons. The smallest absolute Gasteiger partial charge is 0.355 e. The van der Waals surface area contributed by atoms with E-state index in [1.54, 1.807) is 25.7 Å². The molecule has 1 amide bonds. The van der Waals surface area contributed by atoms with Gasteiger partial charge in [-0.05, 0) is 45.7 Å². The van der Waals surface area contributed by atoms with Crippen LogP contribution in [0.4, 0.5) is 0 Å². The third kappa shape index (κ3) is 4.98. The Kier molecular flexibility index (Phi) is 6.80. The number of ether oxygens (including phenoxy) is 1. The fraction of sp³-hybridized carbons (Fsp3) is 0.429.